The molecule has 94 valence electrons. The van der Waals surface area contributed by atoms with Gasteiger partial charge in [-0.3, -0.25) is 4.79 Å². The van der Waals surface area contributed by atoms with Gasteiger partial charge in [0.1, 0.15) is 6.10 Å². The molecule has 1 N–H and O–H groups in total. The van der Waals surface area contributed by atoms with Crippen LogP contribution in [0.2, 0.25) is 0 Å². The van der Waals surface area contributed by atoms with Gasteiger partial charge in [0.2, 0.25) is 0 Å². The summed E-state index contributed by atoms with van der Waals surface area (Å²) in [7, 11) is 0. The predicted octanol–water partition coefficient (Wildman–Crippen LogP) is 3.45. The van der Waals surface area contributed by atoms with E-state index in [1.54, 1.807) is 12.1 Å². The highest BCUT2D eigenvalue weighted by atomic mass is 16.3. The van der Waals surface area contributed by atoms with Crippen LogP contribution in [0.15, 0.2) is 30.3 Å². The predicted molar refractivity (Wildman–Crippen MR) is 70.1 cm³/mol. The molecule has 1 aliphatic carbocycles. The third kappa shape index (κ3) is 3.40. The number of hydrogen-bond donors (Lipinski definition) is 1. The Morgan fingerprint density at radius 2 is 1.71 bits per heavy atom. The molecular formula is C15H22O2. The van der Waals surface area contributed by atoms with Gasteiger partial charge in [0.25, 0.3) is 0 Å². The normalized spacial score (nSPS) is 18.2. The van der Waals surface area contributed by atoms with Crippen molar-refractivity contribution in [3.8, 4) is 0 Å². The summed E-state index contributed by atoms with van der Waals surface area (Å²) < 4.78 is 0. The SMILES string of the molecule is C.O=C(c1ccccc1)C(O)C1CCCCC1. The second-order valence-corrected chi connectivity index (χ2v) is 4.57. The van der Waals surface area contributed by atoms with Crippen molar-refractivity contribution < 1.29 is 9.90 Å². The van der Waals surface area contributed by atoms with Crippen molar-refractivity contribution in [2.24, 2.45) is 5.92 Å². The van der Waals surface area contributed by atoms with Gasteiger partial charge in [-0.25, -0.2) is 0 Å². The van der Waals surface area contributed by atoms with E-state index in [1.807, 2.05) is 18.2 Å². The lowest BCUT2D eigenvalue weighted by Crippen LogP contribution is -2.31. The van der Waals surface area contributed by atoms with Gasteiger partial charge in [0, 0.05) is 5.56 Å². The molecule has 1 aromatic rings. The molecule has 2 rings (SSSR count). The molecule has 0 saturated heterocycles. The summed E-state index contributed by atoms with van der Waals surface area (Å²) >= 11 is 0. The summed E-state index contributed by atoms with van der Waals surface area (Å²) in [5.41, 5.74) is 0.626. The van der Waals surface area contributed by atoms with Crippen LogP contribution in [0.5, 0.6) is 0 Å². The zero-order chi connectivity index (χ0) is 11.4. The van der Waals surface area contributed by atoms with Crippen molar-refractivity contribution >= 4 is 5.78 Å². The molecule has 2 nitrogen and oxygen atoms in total. The zero-order valence-corrected chi connectivity index (χ0v) is 9.43. The second kappa shape index (κ2) is 6.55. The van der Waals surface area contributed by atoms with Gasteiger partial charge in [0.15, 0.2) is 5.78 Å². The Labute approximate surface area is 104 Å². The first-order valence-electron chi connectivity index (χ1n) is 6.06. The van der Waals surface area contributed by atoms with Crippen LogP contribution in [0.4, 0.5) is 0 Å². The molecule has 1 fully saturated rings. The van der Waals surface area contributed by atoms with E-state index in [0.717, 1.165) is 25.7 Å². The summed E-state index contributed by atoms with van der Waals surface area (Å²) in [6.07, 6.45) is 4.69. The maximum Gasteiger partial charge on any atom is 0.191 e. The van der Waals surface area contributed by atoms with Crippen molar-refractivity contribution in [3.05, 3.63) is 35.9 Å². The number of Topliss-reactive ketones (excluding diaryl/α,β-unsaturated/α-hetero) is 1. The maximum atomic E-state index is 12.0. The molecule has 2 heteroatoms. The number of ketones is 1. The molecule has 1 unspecified atom stereocenters. The fourth-order valence-electron chi connectivity index (χ4n) is 2.44. The Morgan fingerprint density at radius 1 is 1.12 bits per heavy atom. The summed E-state index contributed by atoms with van der Waals surface area (Å²) in [5, 5.41) is 10.0. The molecule has 0 bridgehead atoms. The lowest BCUT2D eigenvalue weighted by Gasteiger charge is -2.25. The number of carbonyl (C=O) groups excluding carboxylic acids is 1. The Morgan fingerprint density at radius 3 is 2.29 bits per heavy atom. The van der Waals surface area contributed by atoms with E-state index in [2.05, 4.69) is 0 Å². The Bertz CT molecular complexity index is 339. The average molecular weight is 234 g/mol. The third-order valence-electron chi connectivity index (χ3n) is 3.42. The molecule has 0 aromatic heterocycles. The molecular weight excluding hydrogens is 212 g/mol. The Hall–Kier alpha value is -1.15. The number of carbonyl (C=O) groups is 1. The summed E-state index contributed by atoms with van der Waals surface area (Å²) in [4.78, 5) is 12.0. The van der Waals surface area contributed by atoms with Crippen molar-refractivity contribution in [3.63, 3.8) is 0 Å². The number of rotatable bonds is 3. The number of hydrogen-bond acceptors (Lipinski definition) is 2. The summed E-state index contributed by atoms with van der Waals surface area (Å²) in [6.45, 7) is 0. The lowest BCUT2D eigenvalue weighted by molar-refractivity contribution is 0.0534. The second-order valence-electron chi connectivity index (χ2n) is 4.57. The summed E-state index contributed by atoms with van der Waals surface area (Å²) in [6, 6.07) is 9.09. The van der Waals surface area contributed by atoms with Gasteiger partial charge in [-0.15, -0.1) is 0 Å². The standard InChI is InChI=1S/C14H18O2.CH4/c15-13(11-7-3-1-4-8-11)14(16)12-9-5-2-6-10-12;/h1,3-4,7-8,12,14,16H,2,5-6,9-10H2;1H4. The smallest absolute Gasteiger partial charge is 0.191 e. The highest BCUT2D eigenvalue weighted by molar-refractivity contribution is 5.99. The molecule has 1 aliphatic rings. The molecule has 0 aliphatic heterocycles. The van der Waals surface area contributed by atoms with Gasteiger partial charge < -0.3 is 5.11 Å². The first-order valence-corrected chi connectivity index (χ1v) is 6.06. The zero-order valence-electron chi connectivity index (χ0n) is 9.43. The number of aliphatic hydroxyl groups excluding tert-OH is 1. The molecule has 1 atom stereocenters. The van der Waals surface area contributed by atoms with Crippen LogP contribution in [0.25, 0.3) is 0 Å². The molecule has 1 aromatic carbocycles. The van der Waals surface area contributed by atoms with Gasteiger partial charge in [-0.2, -0.15) is 0 Å². The summed E-state index contributed by atoms with van der Waals surface area (Å²) in [5.74, 6) is 0.0500. The monoisotopic (exact) mass is 234 g/mol. The van der Waals surface area contributed by atoms with E-state index in [0.29, 0.717) is 5.56 Å². The number of aliphatic hydroxyl groups is 1. The first kappa shape index (κ1) is 13.9. The minimum absolute atomic E-state index is 0. The molecule has 0 heterocycles. The van der Waals surface area contributed by atoms with Crippen LogP contribution < -0.4 is 0 Å². The van der Waals surface area contributed by atoms with E-state index in [4.69, 9.17) is 0 Å². The van der Waals surface area contributed by atoms with Crippen LogP contribution in [-0.4, -0.2) is 17.0 Å². The van der Waals surface area contributed by atoms with Gasteiger partial charge in [-0.1, -0.05) is 57.0 Å². The highest BCUT2D eigenvalue weighted by Crippen LogP contribution is 2.27. The fourth-order valence-corrected chi connectivity index (χ4v) is 2.44. The van der Waals surface area contributed by atoms with E-state index >= 15 is 0 Å². The minimum atomic E-state index is -0.803. The van der Waals surface area contributed by atoms with Crippen molar-refractivity contribution in [1.82, 2.24) is 0 Å². The van der Waals surface area contributed by atoms with Crippen LogP contribution in [0.1, 0.15) is 49.9 Å². The average Bonchev–Trinajstić information content (AvgIpc) is 2.39. The van der Waals surface area contributed by atoms with E-state index in [-0.39, 0.29) is 19.1 Å². The van der Waals surface area contributed by atoms with Crippen LogP contribution in [0.3, 0.4) is 0 Å². The Kier molecular flexibility index (Phi) is 5.36. The van der Waals surface area contributed by atoms with E-state index < -0.39 is 6.10 Å². The third-order valence-corrected chi connectivity index (χ3v) is 3.42. The van der Waals surface area contributed by atoms with E-state index in [1.165, 1.54) is 6.42 Å². The first-order chi connectivity index (χ1) is 7.79. The van der Waals surface area contributed by atoms with Gasteiger partial charge >= 0.3 is 0 Å². The quantitative estimate of drug-likeness (QED) is 0.813. The van der Waals surface area contributed by atoms with Crippen molar-refractivity contribution in [1.29, 1.82) is 0 Å². The van der Waals surface area contributed by atoms with Crippen molar-refractivity contribution in [2.75, 3.05) is 0 Å². The molecule has 1 saturated carbocycles. The topological polar surface area (TPSA) is 37.3 Å². The highest BCUT2D eigenvalue weighted by Gasteiger charge is 2.27. The lowest BCUT2D eigenvalue weighted by atomic mass is 9.82. The largest absolute Gasteiger partial charge is 0.385 e. The molecule has 0 radical (unpaired) electrons. The molecule has 17 heavy (non-hydrogen) atoms. The Balaban J connectivity index is 0.00000144. The maximum absolute atomic E-state index is 12.0. The van der Waals surface area contributed by atoms with E-state index in [9.17, 15) is 9.90 Å². The van der Waals surface area contributed by atoms with Gasteiger partial charge in [0.05, 0.1) is 0 Å². The van der Waals surface area contributed by atoms with Gasteiger partial charge in [-0.05, 0) is 18.8 Å². The van der Waals surface area contributed by atoms with Crippen LogP contribution >= 0.6 is 0 Å². The van der Waals surface area contributed by atoms with Crippen molar-refractivity contribution in [2.45, 2.75) is 45.6 Å². The molecule has 0 spiro atoms. The number of benzene rings is 1. The minimum Gasteiger partial charge on any atom is -0.385 e. The molecule has 0 amide bonds. The fraction of sp³-hybridized carbons (Fsp3) is 0.533. The van der Waals surface area contributed by atoms with Crippen LogP contribution in [0, 0.1) is 5.92 Å². The van der Waals surface area contributed by atoms with Crippen LogP contribution in [-0.2, 0) is 0 Å².